The lowest BCUT2D eigenvalue weighted by Crippen LogP contribution is -2.70. The van der Waals surface area contributed by atoms with Crippen molar-refractivity contribution in [1.29, 1.82) is 0 Å². The van der Waals surface area contributed by atoms with Gasteiger partial charge in [0.2, 0.25) is 5.78 Å². The number of primary amides is 1. The highest BCUT2D eigenvalue weighted by molar-refractivity contribution is 7.99. The van der Waals surface area contributed by atoms with E-state index in [0.717, 1.165) is 4.90 Å². The largest absolute Gasteiger partial charge is 0.508 e. The van der Waals surface area contributed by atoms with Crippen molar-refractivity contribution in [3.8, 4) is 11.5 Å². The maximum absolute atomic E-state index is 14.2. The number of thioether (sulfide) groups is 1. The van der Waals surface area contributed by atoms with Crippen molar-refractivity contribution in [2.75, 3.05) is 27.0 Å². The number of aliphatic hydroxyl groups is 4. The first-order valence-electron chi connectivity index (χ1n) is 12.8. The van der Waals surface area contributed by atoms with E-state index < -0.39 is 75.6 Å². The molecule has 7 N–H and O–H groups in total. The highest BCUT2D eigenvalue weighted by Crippen LogP contribution is 2.56. The van der Waals surface area contributed by atoms with Crippen LogP contribution in [0.25, 0.3) is 5.76 Å². The molecular formula is C29H30N2O9S. The average Bonchev–Trinajstić information content (AvgIpc) is 2.92. The zero-order chi connectivity index (χ0) is 30.0. The Hall–Kier alpha value is -3.84. The lowest BCUT2D eigenvalue weighted by Gasteiger charge is -2.54. The molecule has 216 valence electrons. The summed E-state index contributed by atoms with van der Waals surface area (Å²) in [5.41, 5.74) is 1.44. The van der Waals surface area contributed by atoms with Crippen molar-refractivity contribution in [1.82, 2.24) is 4.90 Å². The Bertz CT molecular complexity index is 1520. The number of methoxy groups -OCH3 is 1. The number of carbonyl (C=O) groups is 3. The maximum atomic E-state index is 14.2. The van der Waals surface area contributed by atoms with E-state index in [4.69, 9.17) is 10.5 Å². The zero-order valence-corrected chi connectivity index (χ0v) is 23.3. The summed E-state index contributed by atoms with van der Waals surface area (Å²) in [5, 5.41) is 56.9. The number of phenols is 1. The molecule has 0 aromatic heterocycles. The summed E-state index contributed by atoms with van der Waals surface area (Å²) in [6.07, 6.45) is -1.67. The number of likely N-dealkylation sites (N-methyl/N-ethyl adjacent to an activating group) is 1. The van der Waals surface area contributed by atoms with Gasteiger partial charge in [0.05, 0.1) is 30.7 Å². The average molecular weight is 583 g/mol. The molecule has 12 heteroatoms. The Kier molecular flexibility index (Phi) is 7.14. The molecule has 3 aliphatic carbocycles. The van der Waals surface area contributed by atoms with Gasteiger partial charge in [-0.1, -0.05) is 12.1 Å². The van der Waals surface area contributed by atoms with Crippen molar-refractivity contribution in [3.05, 3.63) is 70.5 Å². The number of rotatable bonds is 6. The van der Waals surface area contributed by atoms with E-state index in [1.165, 1.54) is 36.8 Å². The SMILES string of the molecule is COc1ccc(SC[C@H]2c3cccc(O)c3C(O)=C3C(=O)[C@]4(O)C(O)=C(C(N)=O)C(=O)[C@@H](N(C)C)C4[C@@H](O)C32)cc1. The normalized spacial score (nSPS) is 29.3. The molecule has 3 aliphatic rings. The Balaban J connectivity index is 1.71. The highest BCUT2D eigenvalue weighted by Gasteiger charge is 2.68. The van der Waals surface area contributed by atoms with Crippen LogP contribution in [0, 0.1) is 11.8 Å². The van der Waals surface area contributed by atoms with Crippen LogP contribution in [0.1, 0.15) is 17.0 Å². The fourth-order valence-corrected chi connectivity index (χ4v) is 7.54. The van der Waals surface area contributed by atoms with Crippen molar-refractivity contribution in [3.63, 3.8) is 0 Å². The number of benzene rings is 2. The molecule has 6 atom stereocenters. The number of aromatic hydroxyl groups is 1. The molecular weight excluding hydrogens is 552 g/mol. The molecule has 0 aliphatic heterocycles. The minimum Gasteiger partial charge on any atom is -0.508 e. The van der Waals surface area contributed by atoms with Crippen LogP contribution in [0.5, 0.6) is 11.5 Å². The van der Waals surface area contributed by atoms with Gasteiger partial charge in [-0.15, -0.1) is 11.8 Å². The van der Waals surface area contributed by atoms with Gasteiger partial charge in [0.25, 0.3) is 5.91 Å². The van der Waals surface area contributed by atoms with Gasteiger partial charge in [0, 0.05) is 28.1 Å². The van der Waals surface area contributed by atoms with Crippen LogP contribution in [-0.4, -0.2) is 92.6 Å². The second kappa shape index (κ2) is 10.2. The number of amides is 1. The fraction of sp³-hybridized carbons (Fsp3) is 0.345. The second-order valence-corrected chi connectivity index (χ2v) is 11.7. The van der Waals surface area contributed by atoms with Crippen LogP contribution in [0.2, 0.25) is 0 Å². The first-order chi connectivity index (χ1) is 19.4. The fourth-order valence-electron chi connectivity index (χ4n) is 6.45. The summed E-state index contributed by atoms with van der Waals surface area (Å²) in [6, 6.07) is 10.4. The molecule has 1 fully saturated rings. The second-order valence-electron chi connectivity index (χ2n) is 10.6. The number of phenolic OH excluding ortho intramolecular Hbond substituents is 1. The van der Waals surface area contributed by atoms with Crippen LogP contribution in [0.15, 0.2) is 64.3 Å². The number of carbonyl (C=O) groups excluding carboxylic acids is 3. The topological polar surface area (TPSA) is 191 Å². The van der Waals surface area contributed by atoms with Crippen LogP contribution in [0.4, 0.5) is 0 Å². The smallest absolute Gasteiger partial charge is 0.255 e. The first kappa shape index (κ1) is 28.7. The van der Waals surface area contributed by atoms with E-state index in [1.807, 2.05) is 12.1 Å². The number of ketones is 2. The van der Waals surface area contributed by atoms with Crippen molar-refractivity contribution in [2.24, 2.45) is 17.6 Å². The number of nitrogens with zero attached hydrogens (tertiary/aromatic N) is 1. The predicted octanol–water partition coefficient (Wildman–Crippen LogP) is 1.28. The maximum Gasteiger partial charge on any atom is 0.255 e. The van der Waals surface area contributed by atoms with Gasteiger partial charge in [-0.3, -0.25) is 19.3 Å². The van der Waals surface area contributed by atoms with Gasteiger partial charge in [0.15, 0.2) is 11.4 Å². The van der Waals surface area contributed by atoms with Crippen LogP contribution >= 0.6 is 11.8 Å². The van der Waals surface area contributed by atoms with Crippen LogP contribution in [0.3, 0.4) is 0 Å². The molecule has 0 bridgehead atoms. The Morgan fingerprint density at radius 1 is 1.10 bits per heavy atom. The summed E-state index contributed by atoms with van der Waals surface area (Å²) in [6.45, 7) is 0. The summed E-state index contributed by atoms with van der Waals surface area (Å²) in [7, 11) is 4.48. The third-order valence-corrected chi connectivity index (χ3v) is 9.42. The molecule has 0 saturated heterocycles. The summed E-state index contributed by atoms with van der Waals surface area (Å²) >= 11 is 1.39. The molecule has 1 amide bonds. The van der Waals surface area contributed by atoms with Crippen molar-refractivity contribution in [2.45, 2.75) is 28.6 Å². The molecule has 0 heterocycles. The number of nitrogens with two attached hydrogens (primary N) is 1. The van der Waals surface area contributed by atoms with Gasteiger partial charge in [0.1, 0.15) is 28.6 Å². The van der Waals surface area contributed by atoms with E-state index in [0.29, 0.717) is 11.3 Å². The van der Waals surface area contributed by atoms with E-state index >= 15 is 0 Å². The number of Topliss-reactive ketones (excluding diaryl/α,β-unsaturated/α-hetero) is 2. The summed E-state index contributed by atoms with van der Waals surface area (Å²) in [4.78, 5) is 41.9. The third-order valence-electron chi connectivity index (χ3n) is 8.29. The molecule has 5 rings (SSSR count). The molecule has 11 nitrogen and oxygen atoms in total. The molecule has 2 aromatic carbocycles. The number of hydrogen-bond acceptors (Lipinski definition) is 11. The highest BCUT2D eigenvalue weighted by atomic mass is 32.2. The lowest BCUT2D eigenvalue weighted by molar-refractivity contribution is -0.169. The molecule has 0 radical (unpaired) electrons. The summed E-state index contributed by atoms with van der Waals surface area (Å²) < 4.78 is 5.21. The van der Waals surface area contributed by atoms with Crippen LogP contribution < -0.4 is 10.5 Å². The van der Waals surface area contributed by atoms with Gasteiger partial charge in [-0.25, -0.2) is 0 Å². The quantitative estimate of drug-likeness (QED) is 0.212. The zero-order valence-electron chi connectivity index (χ0n) is 22.4. The molecule has 2 aromatic rings. The lowest BCUT2D eigenvalue weighted by atomic mass is 9.54. The number of hydrogen-bond donors (Lipinski definition) is 6. The Labute approximate surface area is 239 Å². The predicted molar refractivity (Wildman–Crippen MR) is 148 cm³/mol. The standard InChI is InChI=1S/C29H30N2O9S/c1-31(2)22-21-24(34)18-15(11-41-13-9-7-12(40-3)8-10-13)14-5-4-6-16(32)17(14)23(33)19(18)26(36)29(21,39)27(37)20(25(22)35)28(30)38/h4-10,15,18,21-22,24,32-34,37,39H,11H2,1-3H3,(H2,30,38)/t15-,18?,21?,22-,24-,29-/m0/s1. The monoisotopic (exact) mass is 582 g/mol. The van der Waals surface area contributed by atoms with Gasteiger partial charge in [-0.2, -0.15) is 0 Å². The van der Waals surface area contributed by atoms with Crippen molar-refractivity contribution < 1.29 is 44.7 Å². The van der Waals surface area contributed by atoms with Gasteiger partial charge >= 0.3 is 0 Å². The van der Waals surface area contributed by atoms with Gasteiger partial charge in [-0.05, 0) is 50.0 Å². The molecule has 2 unspecified atom stereocenters. The number of fused-ring (bicyclic) bond motifs is 3. The molecule has 41 heavy (non-hydrogen) atoms. The van der Waals surface area contributed by atoms with Crippen LogP contribution in [-0.2, 0) is 14.4 Å². The van der Waals surface area contributed by atoms with E-state index in [-0.39, 0.29) is 17.1 Å². The van der Waals surface area contributed by atoms with Gasteiger partial charge < -0.3 is 36.0 Å². The number of aliphatic hydroxyl groups excluding tert-OH is 3. The first-order valence-corrected chi connectivity index (χ1v) is 13.8. The van der Waals surface area contributed by atoms with Crippen molar-refractivity contribution >= 4 is 35.0 Å². The minimum absolute atomic E-state index is 0.0451. The Morgan fingerprint density at radius 3 is 2.34 bits per heavy atom. The van der Waals surface area contributed by atoms with E-state index in [2.05, 4.69) is 0 Å². The van der Waals surface area contributed by atoms with E-state index in [9.17, 15) is 39.9 Å². The summed E-state index contributed by atoms with van der Waals surface area (Å²) in [5.74, 6) is -8.31. The minimum atomic E-state index is -2.96. The third kappa shape index (κ3) is 4.12. The molecule has 0 spiro atoms. The Morgan fingerprint density at radius 2 is 1.76 bits per heavy atom. The number of ether oxygens (including phenoxy) is 1. The van der Waals surface area contributed by atoms with E-state index in [1.54, 1.807) is 31.4 Å². The molecule has 1 saturated carbocycles.